The van der Waals surface area contributed by atoms with Gasteiger partial charge in [0.15, 0.2) is 11.5 Å². The number of aryl methyl sites for hydroxylation is 1. The van der Waals surface area contributed by atoms with Gasteiger partial charge in [-0.1, -0.05) is 36.4 Å². The quantitative estimate of drug-likeness (QED) is 0.582. The third-order valence-corrected chi connectivity index (χ3v) is 5.36. The maximum Gasteiger partial charge on any atom is 0.339 e. The zero-order valence-electron chi connectivity index (χ0n) is 16.1. The monoisotopic (exact) mass is 411 g/mol. The lowest BCUT2D eigenvalue weighted by molar-refractivity contribution is 0.102. The minimum Gasteiger partial charge on any atom is -0.490 e. The Balaban J connectivity index is 1.85. The molecule has 0 fully saturated rings. The lowest BCUT2D eigenvalue weighted by Gasteiger charge is -2.12. The lowest BCUT2D eigenvalue weighted by atomic mass is 10.1. The first kappa shape index (κ1) is 20.4. The van der Waals surface area contributed by atoms with Gasteiger partial charge in [-0.3, -0.25) is 4.79 Å². The summed E-state index contributed by atoms with van der Waals surface area (Å²) < 4.78 is 36.1. The summed E-state index contributed by atoms with van der Waals surface area (Å²) in [5.74, 6) is 0.00204. The molecule has 0 aliphatic heterocycles. The highest BCUT2D eigenvalue weighted by atomic mass is 32.2. The number of hydrogen-bond acceptors (Lipinski definition) is 5. The minimum absolute atomic E-state index is 0.0871. The van der Waals surface area contributed by atoms with Crippen molar-refractivity contribution in [2.75, 3.05) is 11.9 Å². The van der Waals surface area contributed by atoms with Gasteiger partial charge in [-0.2, -0.15) is 8.42 Å². The highest BCUT2D eigenvalue weighted by molar-refractivity contribution is 7.87. The first-order valence-corrected chi connectivity index (χ1v) is 10.4. The van der Waals surface area contributed by atoms with Crippen LogP contribution >= 0.6 is 0 Å². The van der Waals surface area contributed by atoms with Gasteiger partial charge in [0.2, 0.25) is 0 Å². The number of amides is 1. The Bertz CT molecular complexity index is 1130. The SMILES string of the molecule is CCOc1ccccc1OS(=O)(=O)c1cccc(C(=O)Nc2ccccc2C)c1. The van der Waals surface area contributed by atoms with Crippen molar-refractivity contribution in [3.8, 4) is 11.5 Å². The Morgan fingerprint density at radius 2 is 1.62 bits per heavy atom. The van der Waals surface area contributed by atoms with Gasteiger partial charge in [-0.05, 0) is 55.8 Å². The van der Waals surface area contributed by atoms with Crippen LogP contribution in [-0.2, 0) is 10.1 Å². The third-order valence-electron chi connectivity index (χ3n) is 4.13. The van der Waals surface area contributed by atoms with Gasteiger partial charge in [0, 0.05) is 11.3 Å². The van der Waals surface area contributed by atoms with E-state index in [1.54, 1.807) is 37.3 Å². The maximum atomic E-state index is 12.7. The molecule has 0 saturated heterocycles. The fourth-order valence-electron chi connectivity index (χ4n) is 2.66. The zero-order chi connectivity index (χ0) is 20.9. The van der Waals surface area contributed by atoms with E-state index in [0.717, 1.165) is 5.56 Å². The number of rotatable bonds is 7. The normalized spacial score (nSPS) is 11.0. The standard InChI is InChI=1S/C22H21NO5S/c1-3-27-20-13-6-7-14-21(20)28-29(25,26)18-11-8-10-17(15-18)22(24)23-19-12-5-4-9-16(19)2/h4-15H,3H2,1-2H3,(H,23,24). The molecule has 1 amide bonds. The molecule has 7 heteroatoms. The molecule has 0 bridgehead atoms. The number of hydrogen-bond donors (Lipinski definition) is 1. The lowest BCUT2D eigenvalue weighted by Crippen LogP contribution is -2.15. The molecule has 1 N–H and O–H groups in total. The average molecular weight is 411 g/mol. The summed E-state index contributed by atoms with van der Waals surface area (Å²) >= 11 is 0. The van der Waals surface area contributed by atoms with E-state index in [-0.39, 0.29) is 16.2 Å². The summed E-state index contributed by atoms with van der Waals surface area (Å²) in [6.07, 6.45) is 0. The van der Waals surface area contributed by atoms with Crippen LogP contribution in [0.2, 0.25) is 0 Å². The summed E-state index contributed by atoms with van der Waals surface area (Å²) in [5.41, 5.74) is 1.77. The van der Waals surface area contributed by atoms with E-state index >= 15 is 0 Å². The molecule has 3 aromatic rings. The highest BCUT2D eigenvalue weighted by Gasteiger charge is 2.20. The number of para-hydroxylation sites is 3. The van der Waals surface area contributed by atoms with Gasteiger partial charge < -0.3 is 14.2 Å². The van der Waals surface area contributed by atoms with Crippen LogP contribution in [0.1, 0.15) is 22.8 Å². The van der Waals surface area contributed by atoms with Gasteiger partial charge >= 0.3 is 10.1 Å². The van der Waals surface area contributed by atoms with Crippen LogP contribution in [0.15, 0.2) is 77.7 Å². The van der Waals surface area contributed by atoms with E-state index in [1.807, 2.05) is 25.1 Å². The molecule has 0 radical (unpaired) electrons. The minimum atomic E-state index is -4.15. The molecule has 0 spiro atoms. The fraction of sp³-hybridized carbons (Fsp3) is 0.136. The van der Waals surface area contributed by atoms with Gasteiger partial charge in [-0.25, -0.2) is 0 Å². The van der Waals surface area contributed by atoms with E-state index in [0.29, 0.717) is 18.0 Å². The Hall–Kier alpha value is -3.32. The molecule has 0 saturated carbocycles. The largest absolute Gasteiger partial charge is 0.490 e. The number of carbonyl (C=O) groups is 1. The first-order chi connectivity index (χ1) is 13.9. The number of ether oxygens (including phenoxy) is 1. The fourth-order valence-corrected chi connectivity index (χ4v) is 3.65. The Morgan fingerprint density at radius 1 is 0.931 bits per heavy atom. The Kier molecular flexibility index (Phi) is 6.19. The topological polar surface area (TPSA) is 81.7 Å². The molecule has 3 aromatic carbocycles. The second-order valence-corrected chi connectivity index (χ2v) is 7.76. The van der Waals surface area contributed by atoms with E-state index in [1.165, 1.54) is 24.3 Å². The molecule has 0 aliphatic rings. The van der Waals surface area contributed by atoms with Crippen LogP contribution in [-0.4, -0.2) is 20.9 Å². The van der Waals surface area contributed by atoms with E-state index in [9.17, 15) is 13.2 Å². The highest BCUT2D eigenvalue weighted by Crippen LogP contribution is 2.29. The molecule has 3 rings (SSSR count). The van der Waals surface area contributed by atoms with E-state index in [2.05, 4.69) is 5.32 Å². The van der Waals surface area contributed by atoms with Crippen molar-refractivity contribution < 1.29 is 22.1 Å². The van der Waals surface area contributed by atoms with Crippen molar-refractivity contribution in [3.63, 3.8) is 0 Å². The van der Waals surface area contributed by atoms with Crippen LogP contribution < -0.4 is 14.2 Å². The molecule has 29 heavy (non-hydrogen) atoms. The number of anilines is 1. The van der Waals surface area contributed by atoms with E-state index in [4.69, 9.17) is 8.92 Å². The molecule has 0 unspecified atom stereocenters. The molecule has 0 aromatic heterocycles. The van der Waals surface area contributed by atoms with Crippen molar-refractivity contribution in [2.45, 2.75) is 18.7 Å². The van der Waals surface area contributed by atoms with Crippen molar-refractivity contribution >= 4 is 21.7 Å². The Morgan fingerprint density at radius 3 is 2.34 bits per heavy atom. The number of carbonyl (C=O) groups excluding carboxylic acids is 1. The van der Waals surface area contributed by atoms with Crippen LogP contribution in [0.4, 0.5) is 5.69 Å². The smallest absolute Gasteiger partial charge is 0.339 e. The summed E-state index contributed by atoms with van der Waals surface area (Å²) in [7, 11) is -4.15. The van der Waals surface area contributed by atoms with Gasteiger partial charge in [-0.15, -0.1) is 0 Å². The average Bonchev–Trinajstić information content (AvgIpc) is 2.71. The molecular formula is C22H21NO5S. The second kappa shape index (κ2) is 8.79. The summed E-state index contributed by atoms with van der Waals surface area (Å²) in [6.45, 7) is 4.04. The summed E-state index contributed by atoms with van der Waals surface area (Å²) in [5, 5.41) is 2.79. The number of nitrogens with one attached hydrogen (secondary N) is 1. The van der Waals surface area contributed by atoms with Crippen LogP contribution in [0.5, 0.6) is 11.5 Å². The molecule has 0 atom stereocenters. The maximum absolute atomic E-state index is 12.7. The third kappa shape index (κ3) is 4.94. The van der Waals surface area contributed by atoms with Crippen molar-refractivity contribution in [1.82, 2.24) is 0 Å². The van der Waals surface area contributed by atoms with E-state index < -0.39 is 16.0 Å². The second-order valence-electron chi connectivity index (χ2n) is 6.21. The van der Waals surface area contributed by atoms with Gasteiger partial charge in [0.25, 0.3) is 5.91 Å². The van der Waals surface area contributed by atoms with Crippen LogP contribution in [0, 0.1) is 6.92 Å². The van der Waals surface area contributed by atoms with Crippen molar-refractivity contribution in [1.29, 1.82) is 0 Å². The van der Waals surface area contributed by atoms with Crippen LogP contribution in [0.3, 0.4) is 0 Å². The summed E-state index contributed by atoms with van der Waals surface area (Å²) in [4.78, 5) is 12.5. The van der Waals surface area contributed by atoms with Gasteiger partial charge in [0.1, 0.15) is 4.90 Å². The van der Waals surface area contributed by atoms with Crippen molar-refractivity contribution in [3.05, 3.63) is 83.9 Å². The van der Waals surface area contributed by atoms with Gasteiger partial charge in [0.05, 0.1) is 6.61 Å². The predicted octanol–water partition coefficient (Wildman–Crippen LogP) is 4.41. The molecule has 0 aliphatic carbocycles. The van der Waals surface area contributed by atoms with Crippen LogP contribution in [0.25, 0.3) is 0 Å². The predicted molar refractivity (Wildman–Crippen MR) is 111 cm³/mol. The summed E-state index contributed by atoms with van der Waals surface area (Å²) in [6, 6.07) is 19.6. The molecule has 150 valence electrons. The van der Waals surface area contributed by atoms with Crippen molar-refractivity contribution in [2.24, 2.45) is 0 Å². The molecule has 6 nitrogen and oxygen atoms in total. The molecule has 0 heterocycles. The first-order valence-electron chi connectivity index (χ1n) is 9.04. The zero-order valence-corrected chi connectivity index (χ0v) is 16.9. The number of benzene rings is 3. The Labute approximate surface area is 170 Å². The molecular weight excluding hydrogens is 390 g/mol.